The number of nitrogens with one attached hydrogen (secondary N) is 1. The van der Waals surface area contributed by atoms with E-state index in [0.29, 0.717) is 5.69 Å². The second-order valence-corrected chi connectivity index (χ2v) is 4.82. The van der Waals surface area contributed by atoms with Gasteiger partial charge in [0, 0.05) is 12.0 Å². The Hall–Kier alpha value is -1.75. The number of nitrogens with zero attached hydrogens (tertiary/aromatic N) is 1. The van der Waals surface area contributed by atoms with E-state index in [2.05, 4.69) is 9.97 Å². The normalized spacial score (nSPS) is 10.9. The highest BCUT2D eigenvalue weighted by atomic mass is 19.1. The fourth-order valence-corrected chi connectivity index (χ4v) is 2.12. The summed E-state index contributed by atoms with van der Waals surface area (Å²) in [4.78, 5) is 7.26. The highest BCUT2D eigenvalue weighted by molar-refractivity contribution is 5.59. The maximum absolute atomic E-state index is 13.6. The van der Waals surface area contributed by atoms with Crippen LogP contribution in [0.1, 0.15) is 31.5 Å². The molecule has 1 aromatic carbocycles. The summed E-state index contributed by atoms with van der Waals surface area (Å²) in [5.74, 6) is -0.111. The number of aryl methyl sites for hydroxylation is 1. The van der Waals surface area contributed by atoms with E-state index in [9.17, 15) is 8.78 Å². The first kappa shape index (κ1) is 14.7. The summed E-state index contributed by atoms with van der Waals surface area (Å²) in [6.45, 7) is 0.726. The molecule has 0 spiro atoms. The number of hydrogen-bond donors (Lipinski definition) is 2. The lowest BCUT2D eigenvalue weighted by Gasteiger charge is -2.00. The first-order chi connectivity index (χ1) is 9.70. The number of unbranched alkanes of at least 4 members (excludes halogenated alkanes) is 3. The SMILES string of the molecule is NCCCCCCc1ncc(-c2cc(F)ccc2F)[nH]1. The summed E-state index contributed by atoms with van der Waals surface area (Å²) in [6, 6.07) is 3.40. The van der Waals surface area contributed by atoms with E-state index < -0.39 is 11.6 Å². The third-order valence-corrected chi connectivity index (χ3v) is 3.21. The van der Waals surface area contributed by atoms with Crippen molar-refractivity contribution >= 4 is 0 Å². The molecule has 0 atom stereocenters. The maximum atomic E-state index is 13.6. The number of aromatic amines is 1. The van der Waals surface area contributed by atoms with E-state index in [0.717, 1.165) is 56.6 Å². The van der Waals surface area contributed by atoms with Gasteiger partial charge in [0.2, 0.25) is 0 Å². The Morgan fingerprint density at radius 1 is 1.10 bits per heavy atom. The standard InChI is InChI=1S/C15H19F2N3/c16-11-6-7-13(17)12(9-11)14-10-19-15(20-14)5-3-1-2-4-8-18/h6-7,9-10H,1-5,8,18H2,(H,19,20). The van der Waals surface area contributed by atoms with E-state index >= 15 is 0 Å². The zero-order chi connectivity index (χ0) is 14.4. The van der Waals surface area contributed by atoms with Crippen molar-refractivity contribution in [2.45, 2.75) is 32.1 Å². The fraction of sp³-hybridized carbons (Fsp3) is 0.400. The van der Waals surface area contributed by atoms with Crippen LogP contribution in [0.15, 0.2) is 24.4 Å². The number of benzene rings is 1. The first-order valence-electron chi connectivity index (χ1n) is 6.90. The molecule has 0 fully saturated rings. The van der Waals surface area contributed by atoms with Gasteiger partial charge in [-0.1, -0.05) is 12.8 Å². The lowest BCUT2D eigenvalue weighted by molar-refractivity contribution is 0.602. The van der Waals surface area contributed by atoms with Crippen LogP contribution in [0.4, 0.5) is 8.78 Å². The number of H-pyrrole nitrogens is 1. The fourth-order valence-electron chi connectivity index (χ4n) is 2.12. The van der Waals surface area contributed by atoms with E-state index in [1.807, 2.05) is 0 Å². The van der Waals surface area contributed by atoms with Crippen LogP contribution in [0.3, 0.4) is 0 Å². The van der Waals surface area contributed by atoms with Gasteiger partial charge in [-0.25, -0.2) is 13.8 Å². The van der Waals surface area contributed by atoms with Gasteiger partial charge in [-0.2, -0.15) is 0 Å². The van der Waals surface area contributed by atoms with Gasteiger partial charge >= 0.3 is 0 Å². The molecule has 3 N–H and O–H groups in total. The molecule has 1 aromatic heterocycles. The monoisotopic (exact) mass is 279 g/mol. The van der Waals surface area contributed by atoms with Crippen molar-refractivity contribution in [2.75, 3.05) is 6.54 Å². The zero-order valence-electron chi connectivity index (χ0n) is 11.3. The quantitative estimate of drug-likeness (QED) is 0.763. The number of nitrogens with two attached hydrogens (primary N) is 1. The Balaban J connectivity index is 1.96. The van der Waals surface area contributed by atoms with Gasteiger partial charge in [-0.05, 0) is 37.6 Å². The molecule has 0 radical (unpaired) electrons. The molecule has 0 amide bonds. The average molecular weight is 279 g/mol. The molecular formula is C15H19F2N3. The third kappa shape index (κ3) is 3.87. The Labute approximate surface area is 117 Å². The summed E-state index contributed by atoms with van der Waals surface area (Å²) < 4.78 is 26.8. The molecule has 0 aliphatic heterocycles. The van der Waals surface area contributed by atoms with Crippen molar-refractivity contribution in [1.82, 2.24) is 9.97 Å². The number of halogens is 2. The summed E-state index contributed by atoms with van der Waals surface area (Å²) >= 11 is 0. The lowest BCUT2D eigenvalue weighted by Crippen LogP contribution is -1.98. The summed E-state index contributed by atoms with van der Waals surface area (Å²) in [7, 11) is 0. The molecule has 1 heterocycles. The van der Waals surface area contributed by atoms with Crippen LogP contribution in [0.5, 0.6) is 0 Å². The summed E-state index contributed by atoms with van der Waals surface area (Å²) in [5.41, 5.74) is 6.16. The predicted molar refractivity (Wildman–Crippen MR) is 75.2 cm³/mol. The smallest absolute Gasteiger partial charge is 0.132 e. The minimum atomic E-state index is -0.459. The van der Waals surface area contributed by atoms with Crippen molar-refractivity contribution in [1.29, 1.82) is 0 Å². The topological polar surface area (TPSA) is 54.7 Å². The lowest BCUT2D eigenvalue weighted by atomic mass is 10.1. The summed E-state index contributed by atoms with van der Waals surface area (Å²) in [5, 5.41) is 0. The van der Waals surface area contributed by atoms with Crippen LogP contribution in [0, 0.1) is 11.6 Å². The van der Waals surface area contributed by atoms with Crippen LogP contribution in [-0.4, -0.2) is 16.5 Å². The van der Waals surface area contributed by atoms with Crippen molar-refractivity contribution in [3.63, 3.8) is 0 Å². The maximum Gasteiger partial charge on any atom is 0.132 e. The Morgan fingerprint density at radius 2 is 1.90 bits per heavy atom. The molecule has 0 bridgehead atoms. The average Bonchev–Trinajstić information content (AvgIpc) is 2.90. The van der Waals surface area contributed by atoms with E-state index in [4.69, 9.17) is 5.73 Å². The molecule has 2 rings (SSSR count). The van der Waals surface area contributed by atoms with Crippen LogP contribution in [0.2, 0.25) is 0 Å². The first-order valence-corrected chi connectivity index (χ1v) is 6.90. The molecule has 0 saturated carbocycles. The second-order valence-electron chi connectivity index (χ2n) is 4.82. The minimum absolute atomic E-state index is 0.215. The number of aromatic nitrogens is 2. The van der Waals surface area contributed by atoms with Gasteiger partial charge < -0.3 is 10.7 Å². The van der Waals surface area contributed by atoms with Crippen molar-refractivity contribution in [3.05, 3.63) is 41.9 Å². The van der Waals surface area contributed by atoms with Gasteiger partial charge in [0.1, 0.15) is 17.5 Å². The zero-order valence-corrected chi connectivity index (χ0v) is 11.3. The molecule has 0 aliphatic rings. The molecule has 5 heteroatoms. The molecule has 0 unspecified atom stereocenters. The summed E-state index contributed by atoms with van der Waals surface area (Å²) in [6.07, 6.45) is 6.62. The van der Waals surface area contributed by atoms with Gasteiger partial charge in [0.05, 0.1) is 11.9 Å². The Kier molecular flexibility index (Phi) is 5.24. The molecule has 108 valence electrons. The van der Waals surface area contributed by atoms with E-state index in [1.54, 1.807) is 6.20 Å². The van der Waals surface area contributed by atoms with Gasteiger partial charge in [-0.15, -0.1) is 0 Å². The highest BCUT2D eigenvalue weighted by Crippen LogP contribution is 2.22. The van der Waals surface area contributed by atoms with Crippen molar-refractivity contribution in [3.8, 4) is 11.3 Å². The van der Waals surface area contributed by atoms with Gasteiger partial charge in [-0.3, -0.25) is 0 Å². The minimum Gasteiger partial charge on any atom is -0.342 e. The van der Waals surface area contributed by atoms with Crippen LogP contribution >= 0.6 is 0 Å². The number of imidazole rings is 1. The molecule has 0 aliphatic carbocycles. The van der Waals surface area contributed by atoms with E-state index in [1.165, 1.54) is 6.07 Å². The van der Waals surface area contributed by atoms with Gasteiger partial charge in [0.25, 0.3) is 0 Å². The highest BCUT2D eigenvalue weighted by Gasteiger charge is 2.09. The largest absolute Gasteiger partial charge is 0.342 e. The third-order valence-electron chi connectivity index (χ3n) is 3.21. The number of rotatable bonds is 7. The molecular weight excluding hydrogens is 260 g/mol. The van der Waals surface area contributed by atoms with E-state index in [-0.39, 0.29) is 5.56 Å². The molecule has 3 nitrogen and oxygen atoms in total. The Morgan fingerprint density at radius 3 is 2.70 bits per heavy atom. The van der Waals surface area contributed by atoms with Crippen molar-refractivity contribution in [2.24, 2.45) is 5.73 Å². The second kappa shape index (κ2) is 7.14. The van der Waals surface area contributed by atoms with Crippen molar-refractivity contribution < 1.29 is 8.78 Å². The van der Waals surface area contributed by atoms with Crippen LogP contribution < -0.4 is 5.73 Å². The van der Waals surface area contributed by atoms with Gasteiger partial charge in [0.15, 0.2) is 0 Å². The molecule has 0 saturated heterocycles. The number of hydrogen-bond acceptors (Lipinski definition) is 2. The Bertz CT molecular complexity index is 552. The molecule has 20 heavy (non-hydrogen) atoms. The van der Waals surface area contributed by atoms with Crippen LogP contribution in [0.25, 0.3) is 11.3 Å². The van der Waals surface area contributed by atoms with Crippen LogP contribution in [-0.2, 0) is 6.42 Å². The molecule has 2 aromatic rings. The predicted octanol–water partition coefficient (Wildman–Crippen LogP) is 3.42.